The van der Waals surface area contributed by atoms with Crippen LogP contribution in [0.3, 0.4) is 0 Å². The third-order valence-electron chi connectivity index (χ3n) is 0. The van der Waals surface area contributed by atoms with Gasteiger partial charge < -0.3 is 30.6 Å². The van der Waals surface area contributed by atoms with Crippen molar-refractivity contribution in [2.75, 3.05) is 0 Å². The SMILES string of the molecule is O=[N+]([O-])[O-].O=[N+]([O-])[O-].[Ag+].[Ag+]. The van der Waals surface area contributed by atoms with Gasteiger partial charge in [-0.3, -0.25) is 0 Å². The Morgan fingerprint density at radius 3 is 0.700 bits per heavy atom. The molecule has 0 aliphatic carbocycles. The topological polar surface area (TPSA) is 132 Å². The monoisotopic (exact) mass is 338 g/mol. The van der Waals surface area contributed by atoms with Gasteiger partial charge >= 0.3 is 44.8 Å². The molecule has 0 fully saturated rings. The van der Waals surface area contributed by atoms with E-state index in [-0.39, 0.29) is 44.8 Å². The molecule has 10 heavy (non-hydrogen) atoms. The van der Waals surface area contributed by atoms with Crippen molar-refractivity contribution in [1.29, 1.82) is 0 Å². The zero-order valence-corrected chi connectivity index (χ0v) is 6.91. The Balaban J connectivity index is -0.0000000300. The molecule has 0 atom stereocenters. The minimum absolute atomic E-state index is 0. The first kappa shape index (κ1) is 22.5. The maximum atomic E-state index is 8.25. The summed E-state index contributed by atoms with van der Waals surface area (Å²) in [4.78, 5) is 16.5. The molecule has 8 nitrogen and oxygen atoms in total. The number of nitrogens with zero attached hydrogens (tertiary/aromatic N) is 2. The van der Waals surface area contributed by atoms with Crippen LogP contribution in [0.15, 0.2) is 0 Å². The largest absolute Gasteiger partial charge is 1.00 e. The van der Waals surface area contributed by atoms with Gasteiger partial charge in [0.15, 0.2) is 0 Å². The molecule has 0 saturated carbocycles. The first-order chi connectivity index (χ1) is 3.46. The molecule has 0 aromatic rings. The van der Waals surface area contributed by atoms with E-state index in [0.717, 1.165) is 0 Å². The second-order valence-electron chi connectivity index (χ2n) is 0.447. The average molecular weight is 340 g/mol. The fourth-order valence-corrected chi connectivity index (χ4v) is 0. The molecular formula is Ag2N2O6. The minimum atomic E-state index is -1.75. The Hall–Kier alpha value is -0.119. The molecule has 0 saturated heterocycles. The van der Waals surface area contributed by atoms with Crippen LogP contribution < -0.4 is 0 Å². The van der Waals surface area contributed by atoms with Crippen LogP contribution in [-0.4, -0.2) is 10.2 Å². The molecule has 0 radical (unpaired) electrons. The molecule has 0 spiro atoms. The van der Waals surface area contributed by atoms with Gasteiger partial charge in [0.2, 0.25) is 0 Å². The summed E-state index contributed by atoms with van der Waals surface area (Å²) in [6.45, 7) is 0. The van der Waals surface area contributed by atoms with Gasteiger partial charge in [-0.05, 0) is 0 Å². The number of rotatable bonds is 0. The molecule has 0 aliphatic rings. The van der Waals surface area contributed by atoms with Crippen molar-refractivity contribution in [2.45, 2.75) is 0 Å². The summed E-state index contributed by atoms with van der Waals surface area (Å²) in [6.07, 6.45) is 0. The summed E-state index contributed by atoms with van der Waals surface area (Å²) in [5.41, 5.74) is 0. The zero-order chi connectivity index (χ0) is 7.15. The predicted octanol–water partition coefficient (Wildman–Crippen LogP) is -0.483. The zero-order valence-electron chi connectivity index (χ0n) is 3.95. The summed E-state index contributed by atoms with van der Waals surface area (Å²) >= 11 is 0. The van der Waals surface area contributed by atoms with Crippen molar-refractivity contribution in [3.63, 3.8) is 0 Å². The van der Waals surface area contributed by atoms with Gasteiger partial charge in [-0.2, -0.15) is 0 Å². The summed E-state index contributed by atoms with van der Waals surface area (Å²) in [5, 5.41) is 29.5. The molecule has 0 heterocycles. The van der Waals surface area contributed by atoms with Gasteiger partial charge in [0, 0.05) is 0 Å². The van der Waals surface area contributed by atoms with Gasteiger partial charge in [-0.25, -0.2) is 0 Å². The van der Waals surface area contributed by atoms with Crippen molar-refractivity contribution in [1.82, 2.24) is 0 Å². The molecular weight excluding hydrogens is 340 g/mol. The van der Waals surface area contributed by atoms with Crippen LogP contribution in [0.25, 0.3) is 0 Å². The quantitative estimate of drug-likeness (QED) is 0.332. The smallest absolute Gasteiger partial charge is 0.356 e. The van der Waals surface area contributed by atoms with Crippen LogP contribution in [0.5, 0.6) is 0 Å². The number of hydrogen-bond acceptors (Lipinski definition) is 6. The second kappa shape index (κ2) is 15.9. The van der Waals surface area contributed by atoms with Crippen LogP contribution >= 0.6 is 0 Å². The number of hydrogen-bond donors (Lipinski definition) is 0. The van der Waals surface area contributed by atoms with E-state index in [0.29, 0.717) is 0 Å². The first-order valence-electron chi connectivity index (χ1n) is 1.10. The fraction of sp³-hybridized carbons (Fsp3) is 0. The molecule has 0 aliphatic heterocycles. The van der Waals surface area contributed by atoms with E-state index in [2.05, 4.69) is 0 Å². The molecule has 0 unspecified atom stereocenters. The van der Waals surface area contributed by atoms with Gasteiger partial charge in [0.1, 0.15) is 0 Å². The van der Waals surface area contributed by atoms with Gasteiger partial charge in [0.05, 0.1) is 10.2 Å². The van der Waals surface area contributed by atoms with Crippen molar-refractivity contribution in [2.24, 2.45) is 0 Å². The van der Waals surface area contributed by atoms with E-state index in [4.69, 9.17) is 30.6 Å². The Morgan fingerprint density at radius 2 is 0.700 bits per heavy atom. The van der Waals surface area contributed by atoms with E-state index in [1.807, 2.05) is 0 Å². The van der Waals surface area contributed by atoms with Crippen molar-refractivity contribution >= 4 is 0 Å². The van der Waals surface area contributed by atoms with Gasteiger partial charge in [-0.1, -0.05) is 0 Å². The molecule has 10 heteroatoms. The Bertz CT molecular complexity index is 71.7. The Labute approximate surface area is 85.4 Å². The Kier molecular flexibility index (Phi) is 35.9. The molecule has 0 bridgehead atoms. The van der Waals surface area contributed by atoms with E-state index < -0.39 is 10.2 Å². The van der Waals surface area contributed by atoms with Crippen LogP contribution in [0, 0.1) is 30.6 Å². The van der Waals surface area contributed by atoms with E-state index in [1.165, 1.54) is 0 Å². The van der Waals surface area contributed by atoms with Gasteiger partial charge in [-0.15, -0.1) is 0 Å². The van der Waals surface area contributed by atoms with Gasteiger partial charge in [0.25, 0.3) is 0 Å². The molecule has 0 aromatic carbocycles. The summed E-state index contributed by atoms with van der Waals surface area (Å²) in [7, 11) is 0. The molecule has 0 aromatic heterocycles. The summed E-state index contributed by atoms with van der Waals surface area (Å²) in [5.74, 6) is 0. The third-order valence-corrected chi connectivity index (χ3v) is 0. The maximum Gasteiger partial charge on any atom is 1.00 e. The summed E-state index contributed by atoms with van der Waals surface area (Å²) in [6, 6.07) is 0. The molecule has 68 valence electrons. The van der Waals surface area contributed by atoms with Crippen molar-refractivity contribution in [3.05, 3.63) is 30.6 Å². The molecule has 0 amide bonds. The third kappa shape index (κ3) is 26100. The summed E-state index contributed by atoms with van der Waals surface area (Å²) < 4.78 is 0. The van der Waals surface area contributed by atoms with Crippen LogP contribution in [-0.2, 0) is 44.8 Å². The predicted molar refractivity (Wildman–Crippen MR) is 20.7 cm³/mol. The van der Waals surface area contributed by atoms with E-state index >= 15 is 0 Å². The normalized spacial score (nSPS) is 4.80. The van der Waals surface area contributed by atoms with E-state index in [9.17, 15) is 0 Å². The maximum absolute atomic E-state index is 8.25. The standard InChI is InChI=1S/2Ag.2NO3/c;;2*2-1(3)4/q2*+1;2*-1. The van der Waals surface area contributed by atoms with E-state index in [1.54, 1.807) is 0 Å². The average Bonchev–Trinajstić information content (AvgIpc) is 1.25. The minimum Gasteiger partial charge on any atom is -0.356 e. The van der Waals surface area contributed by atoms with Crippen molar-refractivity contribution < 1.29 is 54.9 Å². The Morgan fingerprint density at radius 1 is 0.700 bits per heavy atom. The molecule has 0 rings (SSSR count). The molecule has 0 N–H and O–H groups in total. The van der Waals surface area contributed by atoms with Crippen molar-refractivity contribution in [3.8, 4) is 0 Å². The second-order valence-corrected chi connectivity index (χ2v) is 0.447. The van der Waals surface area contributed by atoms with Crippen LogP contribution in [0.2, 0.25) is 0 Å². The van der Waals surface area contributed by atoms with Crippen LogP contribution in [0.1, 0.15) is 0 Å². The fourth-order valence-electron chi connectivity index (χ4n) is 0. The first-order valence-corrected chi connectivity index (χ1v) is 1.10. The van der Waals surface area contributed by atoms with Crippen LogP contribution in [0.4, 0.5) is 0 Å².